The topological polar surface area (TPSA) is 64.2 Å². The van der Waals surface area contributed by atoms with Crippen molar-refractivity contribution in [1.82, 2.24) is 14.5 Å². The molecule has 1 atom stereocenters. The van der Waals surface area contributed by atoms with Gasteiger partial charge >= 0.3 is 5.82 Å². The van der Waals surface area contributed by atoms with Gasteiger partial charge in [-0.05, 0) is 24.7 Å². The van der Waals surface area contributed by atoms with Gasteiger partial charge in [0.2, 0.25) is 0 Å². The third kappa shape index (κ3) is 1.85. The van der Waals surface area contributed by atoms with Crippen LogP contribution in [0.15, 0.2) is 12.5 Å². The van der Waals surface area contributed by atoms with Gasteiger partial charge in [-0.3, -0.25) is 4.90 Å². The summed E-state index contributed by atoms with van der Waals surface area (Å²) in [6, 6.07) is 0. The lowest BCUT2D eigenvalue weighted by atomic mass is 10.4. The lowest BCUT2D eigenvalue weighted by Gasteiger charge is -2.21. The summed E-state index contributed by atoms with van der Waals surface area (Å²) in [5, 5.41) is 10.7. The van der Waals surface area contributed by atoms with Crippen LogP contribution in [-0.2, 0) is 0 Å². The Kier molecular flexibility index (Phi) is 2.68. The van der Waals surface area contributed by atoms with E-state index in [0.29, 0.717) is 0 Å². The van der Waals surface area contributed by atoms with E-state index in [1.54, 1.807) is 4.57 Å². The van der Waals surface area contributed by atoms with E-state index in [2.05, 4.69) is 9.88 Å². The van der Waals surface area contributed by atoms with Crippen molar-refractivity contribution in [3.05, 3.63) is 22.6 Å². The Morgan fingerprint density at radius 2 is 2.20 bits per heavy atom. The zero-order chi connectivity index (χ0) is 10.8. The van der Waals surface area contributed by atoms with Crippen LogP contribution in [0.2, 0.25) is 0 Å². The Bertz CT molecular complexity index is 357. The molecule has 6 heteroatoms. The fourth-order valence-electron chi connectivity index (χ4n) is 2.02. The highest BCUT2D eigenvalue weighted by Gasteiger charge is 2.26. The summed E-state index contributed by atoms with van der Waals surface area (Å²) in [5.74, 6) is 0.0643. The van der Waals surface area contributed by atoms with Crippen LogP contribution < -0.4 is 0 Å². The first-order chi connectivity index (χ1) is 7.20. The first kappa shape index (κ1) is 10.1. The van der Waals surface area contributed by atoms with E-state index in [1.165, 1.54) is 25.4 Å². The normalized spacial score (nSPS) is 19.3. The molecule has 0 N–H and O–H groups in total. The van der Waals surface area contributed by atoms with Crippen LogP contribution in [0.3, 0.4) is 0 Å². The van der Waals surface area contributed by atoms with E-state index in [1.807, 2.05) is 6.92 Å². The summed E-state index contributed by atoms with van der Waals surface area (Å²) in [6.07, 6.45) is 5.20. The molecule has 6 nitrogen and oxygen atoms in total. The van der Waals surface area contributed by atoms with Crippen LogP contribution >= 0.6 is 0 Å². The minimum absolute atomic E-state index is 0.0235. The molecule has 0 aromatic carbocycles. The first-order valence-electron chi connectivity index (χ1n) is 5.10. The molecule has 2 rings (SSSR count). The van der Waals surface area contributed by atoms with Gasteiger partial charge in [-0.25, -0.2) is 4.98 Å². The smallest absolute Gasteiger partial charge is 0.343 e. The minimum atomic E-state index is -0.389. The predicted molar refractivity (Wildman–Crippen MR) is 54.4 cm³/mol. The molecule has 0 spiro atoms. The second kappa shape index (κ2) is 3.98. The van der Waals surface area contributed by atoms with Crippen LogP contribution in [0.5, 0.6) is 0 Å². The van der Waals surface area contributed by atoms with Crippen molar-refractivity contribution in [2.75, 3.05) is 13.1 Å². The molecule has 1 aromatic rings. The molecule has 0 aliphatic carbocycles. The number of aromatic nitrogens is 2. The third-order valence-corrected chi connectivity index (χ3v) is 2.90. The number of hydrogen-bond donors (Lipinski definition) is 0. The predicted octanol–water partition coefficient (Wildman–Crippen LogP) is 1.41. The Labute approximate surface area is 87.7 Å². The molecule has 1 unspecified atom stereocenters. The van der Waals surface area contributed by atoms with E-state index in [4.69, 9.17) is 0 Å². The molecular formula is C9H14N4O2. The summed E-state index contributed by atoms with van der Waals surface area (Å²) in [6.45, 7) is 3.99. The molecule has 0 saturated carbocycles. The van der Waals surface area contributed by atoms with Crippen molar-refractivity contribution >= 4 is 5.82 Å². The molecule has 1 aliphatic rings. The van der Waals surface area contributed by atoms with Gasteiger partial charge < -0.3 is 10.1 Å². The quantitative estimate of drug-likeness (QED) is 0.559. The van der Waals surface area contributed by atoms with Crippen LogP contribution in [0, 0.1) is 10.1 Å². The number of rotatable bonds is 3. The molecule has 15 heavy (non-hydrogen) atoms. The maximum Gasteiger partial charge on any atom is 0.343 e. The molecule has 0 bridgehead atoms. The molecule has 82 valence electrons. The molecule has 1 aromatic heterocycles. The van der Waals surface area contributed by atoms with Crippen molar-refractivity contribution in [2.45, 2.75) is 25.9 Å². The first-order valence-corrected chi connectivity index (χ1v) is 5.10. The molecule has 2 heterocycles. The Hall–Kier alpha value is -1.43. The second-order valence-electron chi connectivity index (χ2n) is 3.79. The monoisotopic (exact) mass is 210 g/mol. The maximum atomic E-state index is 10.7. The van der Waals surface area contributed by atoms with Crippen molar-refractivity contribution in [1.29, 1.82) is 0 Å². The van der Waals surface area contributed by atoms with Gasteiger partial charge in [0.15, 0.2) is 12.5 Å². The van der Waals surface area contributed by atoms with Crippen LogP contribution in [0.1, 0.15) is 25.9 Å². The zero-order valence-corrected chi connectivity index (χ0v) is 8.67. The average Bonchev–Trinajstić information content (AvgIpc) is 2.88. The average molecular weight is 210 g/mol. The Morgan fingerprint density at radius 3 is 2.80 bits per heavy atom. The van der Waals surface area contributed by atoms with Gasteiger partial charge in [0.1, 0.15) is 6.20 Å². The fourth-order valence-corrected chi connectivity index (χ4v) is 2.02. The summed E-state index contributed by atoms with van der Waals surface area (Å²) in [4.78, 5) is 16.4. The lowest BCUT2D eigenvalue weighted by molar-refractivity contribution is -0.393. The molecule has 0 amide bonds. The summed E-state index contributed by atoms with van der Waals surface area (Å²) < 4.78 is 1.62. The maximum absolute atomic E-state index is 10.7. The highest BCUT2D eigenvalue weighted by molar-refractivity contribution is 5.15. The van der Waals surface area contributed by atoms with E-state index in [9.17, 15) is 10.1 Å². The zero-order valence-electron chi connectivity index (χ0n) is 8.67. The van der Waals surface area contributed by atoms with Crippen molar-refractivity contribution in [3.63, 3.8) is 0 Å². The number of hydrogen-bond acceptors (Lipinski definition) is 4. The van der Waals surface area contributed by atoms with Crippen molar-refractivity contribution in [3.8, 4) is 0 Å². The molecule has 1 fully saturated rings. The summed E-state index contributed by atoms with van der Waals surface area (Å²) in [7, 11) is 0. The highest BCUT2D eigenvalue weighted by atomic mass is 16.6. The number of nitro groups is 1. The van der Waals surface area contributed by atoms with Gasteiger partial charge in [-0.15, -0.1) is 0 Å². The molecular weight excluding hydrogens is 196 g/mol. The van der Waals surface area contributed by atoms with Crippen molar-refractivity contribution in [2.24, 2.45) is 0 Å². The van der Waals surface area contributed by atoms with Crippen LogP contribution in [0.4, 0.5) is 5.82 Å². The second-order valence-corrected chi connectivity index (χ2v) is 3.79. The van der Waals surface area contributed by atoms with E-state index >= 15 is 0 Å². The van der Waals surface area contributed by atoms with Gasteiger partial charge in [0.25, 0.3) is 0 Å². The molecule has 1 saturated heterocycles. The van der Waals surface area contributed by atoms with Gasteiger partial charge in [0, 0.05) is 13.1 Å². The standard InChI is InChI=1S/C9H14N4O2/c1-8(11-4-2-3-5-11)12-7-10-6-9(12)13(14)15/h6-8H,2-5H2,1H3. The number of nitrogens with zero attached hydrogens (tertiary/aromatic N) is 4. The van der Waals surface area contributed by atoms with Crippen LogP contribution in [-0.4, -0.2) is 32.5 Å². The van der Waals surface area contributed by atoms with Gasteiger partial charge in [-0.2, -0.15) is 4.57 Å². The molecule has 0 radical (unpaired) electrons. The van der Waals surface area contributed by atoms with E-state index in [0.717, 1.165) is 13.1 Å². The van der Waals surface area contributed by atoms with E-state index < -0.39 is 0 Å². The largest absolute Gasteiger partial charge is 0.358 e. The Morgan fingerprint density at radius 1 is 1.53 bits per heavy atom. The third-order valence-electron chi connectivity index (χ3n) is 2.90. The lowest BCUT2D eigenvalue weighted by Crippen LogP contribution is -2.28. The summed E-state index contributed by atoms with van der Waals surface area (Å²) in [5.41, 5.74) is 0. The van der Waals surface area contributed by atoms with E-state index in [-0.39, 0.29) is 16.9 Å². The number of likely N-dealkylation sites (tertiary alicyclic amines) is 1. The molecule has 1 aliphatic heterocycles. The highest BCUT2D eigenvalue weighted by Crippen LogP contribution is 2.23. The summed E-state index contributed by atoms with van der Waals surface area (Å²) >= 11 is 0. The van der Waals surface area contributed by atoms with Crippen LogP contribution in [0.25, 0.3) is 0 Å². The van der Waals surface area contributed by atoms with Gasteiger partial charge in [0.05, 0.1) is 0 Å². The fraction of sp³-hybridized carbons (Fsp3) is 0.667. The van der Waals surface area contributed by atoms with Gasteiger partial charge in [-0.1, -0.05) is 0 Å². The Balaban J connectivity index is 2.20. The SMILES string of the molecule is CC(N1CCCC1)n1cncc1[N+](=O)[O-]. The van der Waals surface area contributed by atoms with Crippen molar-refractivity contribution < 1.29 is 4.92 Å². The number of imidazole rings is 1. The minimum Gasteiger partial charge on any atom is -0.358 e.